The van der Waals surface area contributed by atoms with Crippen molar-refractivity contribution >= 4 is 16.8 Å². The average molecular weight is 567 g/mol. The second-order valence-electron chi connectivity index (χ2n) is 12.3. The number of ether oxygens (including phenoxy) is 2. The van der Waals surface area contributed by atoms with E-state index in [0.717, 1.165) is 76.9 Å². The number of hydrogen-bond donors (Lipinski definition) is 1. The van der Waals surface area contributed by atoms with Crippen molar-refractivity contribution in [2.24, 2.45) is 0 Å². The highest BCUT2D eigenvalue weighted by Crippen LogP contribution is 2.33. The molecule has 222 valence electrons. The number of pyridine rings is 1. The van der Waals surface area contributed by atoms with E-state index in [4.69, 9.17) is 14.5 Å². The first-order valence-corrected chi connectivity index (χ1v) is 15.3. The smallest absolute Gasteiger partial charge is 0.252 e. The van der Waals surface area contributed by atoms with Crippen LogP contribution in [0.4, 0.5) is 0 Å². The van der Waals surface area contributed by atoms with Crippen molar-refractivity contribution in [3.05, 3.63) is 89.5 Å². The van der Waals surface area contributed by atoms with E-state index in [2.05, 4.69) is 72.0 Å². The van der Waals surface area contributed by atoms with Crippen LogP contribution in [-0.4, -0.2) is 28.6 Å². The minimum Gasteiger partial charge on any atom is -0.488 e. The van der Waals surface area contributed by atoms with Gasteiger partial charge < -0.3 is 14.8 Å². The lowest BCUT2D eigenvalue weighted by Crippen LogP contribution is -2.28. The van der Waals surface area contributed by atoms with E-state index in [1.54, 1.807) is 0 Å². The molecule has 0 radical (unpaired) electrons. The van der Waals surface area contributed by atoms with Gasteiger partial charge in [0.1, 0.15) is 22.7 Å². The van der Waals surface area contributed by atoms with Gasteiger partial charge in [0.2, 0.25) is 0 Å². The first-order valence-electron chi connectivity index (χ1n) is 15.3. The van der Waals surface area contributed by atoms with E-state index in [1.807, 2.05) is 54.6 Å². The summed E-state index contributed by atoms with van der Waals surface area (Å²) in [6, 6.07) is 24.1. The van der Waals surface area contributed by atoms with Crippen molar-refractivity contribution < 1.29 is 14.3 Å². The summed E-state index contributed by atoms with van der Waals surface area (Å²) in [5.74, 6) is 1.63. The van der Waals surface area contributed by atoms with Crippen molar-refractivity contribution in [2.45, 2.75) is 91.8 Å². The second-order valence-corrected chi connectivity index (χ2v) is 12.3. The number of nitrogens with zero attached hydrogens (tertiary/aromatic N) is 1. The highest BCUT2D eigenvalue weighted by molar-refractivity contribution is 6.07. The van der Waals surface area contributed by atoms with Crippen molar-refractivity contribution in [1.29, 1.82) is 0 Å². The topological polar surface area (TPSA) is 60.5 Å². The standard InChI is InChI=1S/C37H46N2O3/c1-8-36(4,5)41-28-22-21-27(34(24-28)42-37(6,7)9-2)17-14-15-23-38-35(40)31-25-33(29-18-11-10-16-26(29)3)39-32-20-13-12-19-30(31)32/h10-13,16,18-22,24-25H,8-9,14-15,17,23H2,1-7H3,(H,38,40). The minimum absolute atomic E-state index is 0.0720. The molecule has 1 heterocycles. The Morgan fingerprint density at radius 1 is 0.833 bits per heavy atom. The molecule has 0 aliphatic carbocycles. The molecular formula is C37H46N2O3. The van der Waals surface area contributed by atoms with Crippen molar-refractivity contribution in [2.75, 3.05) is 6.54 Å². The Morgan fingerprint density at radius 2 is 1.52 bits per heavy atom. The Kier molecular flexibility index (Phi) is 9.93. The van der Waals surface area contributed by atoms with Crippen molar-refractivity contribution in [3.63, 3.8) is 0 Å². The van der Waals surface area contributed by atoms with Gasteiger partial charge in [-0.05, 0) is 96.0 Å². The van der Waals surface area contributed by atoms with Gasteiger partial charge in [-0.2, -0.15) is 0 Å². The summed E-state index contributed by atoms with van der Waals surface area (Å²) in [4.78, 5) is 18.3. The first-order chi connectivity index (χ1) is 20.0. The summed E-state index contributed by atoms with van der Waals surface area (Å²) in [7, 11) is 0. The maximum absolute atomic E-state index is 13.4. The molecule has 5 heteroatoms. The number of benzene rings is 3. The number of fused-ring (bicyclic) bond motifs is 1. The fourth-order valence-corrected chi connectivity index (χ4v) is 4.76. The number of amides is 1. The number of rotatable bonds is 13. The zero-order chi connectivity index (χ0) is 30.3. The Hall–Kier alpha value is -3.86. The number of para-hydroxylation sites is 1. The van der Waals surface area contributed by atoms with E-state index >= 15 is 0 Å². The quantitative estimate of drug-likeness (QED) is 0.164. The Bertz CT molecular complexity index is 1520. The van der Waals surface area contributed by atoms with Gasteiger partial charge in [0.25, 0.3) is 5.91 Å². The fourth-order valence-electron chi connectivity index (χ4n) is 4.76. The maximum Gasteiger partial charge on any atom is 0.252 e. The lowest BCUT2D eigenvalue weighted by atomic mass is 10.0. The normalized spacial score (nSPS) is 11.9. The van der Waals surface area contributed by atoms with Gasteiger partial charge >= 0.3 is 0 Å². The molecular weight excluding hydrogens is 520 g/mol. The molecule has 1 aromatic heterocycles. The van der Waals surface area contributed by atoms with Gasteiger partial charge in [0.15, 0.2) is 0 Å². The van der Waals surface area contributed by atoms with Gasteiger partial charge in [-0.3, -0.25) is 4.79 Å². The molecule has 5 nitrogen and oxygen atoms in total. The molecule has 0 spiro atoms. The van der Waals surface area contributed by atoms with E-state index in [-0.39, 0.29) is 17.1 Å². The summed E-state index contributed by atoms with van der Waals surface area (Å²) in [5.41, 5.74) is 5.11. The van der Waals surface area contributed by atoms with Crippen LogP contribution in [0, 0.1) is 6.92 Å². The van der Waals surface area contributed by atoms with Crippen LogP contribution >= 0.6 is 0 Å². The molecule has 0 saturated heterocycles. The molecule has 1 amide bonds. The summed E-state index contributed by atoms with van der Waals surface area (Å²) in [5, 5.41) is 4.02. The highest BCUT2D eigenvalue weighted by atomic mass is 16.5. The van der Waals surface area contributed by atoms with Gasteiger partial charge in [-0.1, -0.05) is 62.4 Å². The predicted molar refractivity (Wildman–Crippen MR) is 174 cm³/mol. The van der Waals surface area contributed by atoms with Gasteiger partial charge in [-0.25, -0.2) is 4.98 Å². The molecule has 3 aromatic carbocycles. The van der Waals surface area contributed by atoms with Crippen LogP contribution in [0.1, 0.15) is 88.7 Å². The average Bonchev–Trinajstić information content (AvgIpc) is 2.97. The Labute approximate surface area is 251 Å². The number of aryl methyl sites for hydroxylation is 2. The molecule has 0 bridgehead atoms. The zero-order valence-electron chi connectivity index (χ0n) is 26.3. The number of aromatic nitrogens is 1. The summed E-state index contributed by atoms with van der Waals surface area (Å²) in [6.45, 7) is 15.4. The molecule has 0 fully saturated rings. The number of unbranched alkanes of at least 4 members (excludes halogenated alkanes) is 1. The van der Waals surface area contributed by atoms with Crippen molar-refractivity contribution in [3.8, 4) is 22.8 Å². The van der Waals surface area contributed by atoms with Crippen LogP contribution in [0.15, 0.2) is 72.8 Å². The lowest BCUT2D eigenvalue weighted by Gasteiger charge is -2.29. The van der Waals surface area contributed by atoms with Crippen molar-refractivity contribution in [1.82, 2.24) is 10.3 Å². The SMILES string of the molecule is CCC(C)(C)Oc1ccc(CCCCNC(=O)c2cc(-c3ccccc3C)nc3ccccc23)c(OC(C)(C)CC)c1. The predicted octanol–water partition coefficient (Wildman–Crippen LogP) is 9.10. The third kappa shape index (κ3) is 7.90. The fraction of sp³-hybridized carbons (Fsp3) is 0.405. The Morgan fingerprint density at radius 3 is 2.26 bits per heavy atom. The van der Waals surface area contributed by atoms with Gasteiger partial charge in [0.05, 0.1) is 16.8 Å². The van der Waals surface area contributed by atoms with Crippen LogP contribution in [0.2, 0.25) is 0 Å². The first kappa shape index (κ1) is 31.1. The number of carbonyl (C=O) groups is 1. The minimum atomic E-state index is -0.272. The molecule has 1 N–H and O–H groups in total. The number of nitrogens with one attached hydrogen (secondary N) is 1. The van der Waals surface area contributed by atoms with Crippen LogP contribution in [0.3, 0.4) is 0 Å². The van der Waals surface area contributed by atoms with Crippen LogP contribution < -0.4 is 14.8 Å². The molecule has 4 aromatic rings. The van der Waals surface area contributed by atoms with Gasteiger partial charge in [-0.15, -0.1) is 0 Å². The lowest BCUT2D eigenvalue weighted by molar-refractivity contribution is 0.0942. The molecule has 0 unspecified atom stereocenters. The molecule has 0 aliphatic heterocycles. The number of carbonyl (C=O) groups excluding carboxylic acids is 1. The molecule has 0 atom stereocenters. The highest BCUT2D eigenvalue weighted by Gasteiger charge is 2.22. The van der Waals surface area contributed by atoms with Gasteiger partial charge in [0, 0.05) is 23.6 Å². The zero-order valence-corrected chi connectivity index (χ0v) is 26.3. The van der Waals surface area contributed by atoms with E-state index < -0.39 is 0 Å². The number of hydrogen-bond acceptors (Lipinski definition) is 4. The summed E-state index contributed by atoms with van der Waals surface area (Å²) in [6.07, 6.45) is 4.46. The molecule has 4 rings (SSSR count). The molecule has 0 saturated carbocycles. The van der Waals surface area contributed by atoms with Crippen LogP contribution in [0.5, 0.6) is 11.5 Å². The Balaban J connectivity index is 1.43. The third-order valence-electron chi connectivity index (χ3n) is 8.06. The largest absolute Gasteiger partial charge is 0.488 e. The van der Waals surface area contributed by atoms with E-state index in [0.29, 0.717) is 12.1 Å². The third-order valence-corrected chi connectivity index (χ3v) is 8.06. The molecule has 0 aliphatic rings. The summed E-state index contributed by atoms with van der Waals surface area (Å²) < 4.78 is 12.7. The van der Waals surface area contributed by atoms with E-state index in [9.17, 15) is 4.79 Å². The summed E-state index contributed by atoms with van der Waals surface area (Å²) >= 11 is 0. The monoisotopic (exact) mass is 566 g/mol. The van der Waals surface area contributed by atoms with E-state index in [1.165, 1.54) is 0 Å². The maximum atomic E-state index is 13.4. The van der Waals surface area contributed by atoms with Crippen LogP contribution in [0.25, 0.3) is 22.2 Å². The van der Waals surface area contributed by atoms with Crippen LogP contribution in [-0.2, 0) is 6.42 Å². The second kappa shape index (κ2) is 13.4. The molecule has 42 heavy (non-hydrogen) atoms.